The number of amides is 2. The molecule has 7 heteroatoms. The standard InChI is InChI=1S/C22H24N2O4S/c1-22(2)18(19(25)23-12-13-8-6-5-7-9-13)24-20(26)16-14(21(24)29-22)10-11-15(27-3)17(16)28-4/h5-11,18,21H,12H2,1-4H3,(H,23,25)/t18-,21-/m0/s1. The van der Waals surface area contributed by atoms with Gasteiger partial charge < -0.3 is 19.7 Å². The minimum Gasteiger partial charge on any atom is -0.493 e. The summed E-state index contributed by atoms with van der Waals surface area (Å²) in [5, 5.41) is 2.78. The Morgan fingerprint density at radius 3 is 2.52 bits per heavy atom. The maximum absolute atomic E-state index is 13.4. The molecule has 2 aliphatic rings. The lowest BCUT2D eigenvalue weighted by molar-refractivity contribution is -0.126. The van der Waals surface area contributed by atoms with Gasteiger partial charge in [0, 0.05) is 16.9 Å². The third-order valence-corrected chi connectivity index (χ3v) is 6.99. The molecule has 29 heavy (non-hydrogen) atoms. The van der Waals surface area contributed by atoms with E-state index in [4.69, 9.17) is 9.47 Å². The molecule has 2 aromatic carbocycles. The number of rotatable bonds is 5. The molecule has 0 spiro atoms. The molecule has 152 valence electrons. The second-order valence-electron chi connectivity index (χ2n) is 7.66. The van der Waals surface area contributed by atoms with Crippen LogP contribution >= 0.6 is 11.8 Å². The maximum Gasteiger partial charge on any atom is 0.260 e. The highest BCUT2D eigenvalue weighted by Crippen LogP contribution is 2.58. The summed E-state index contributed by atoms with van der Waals surface area (Å²) in [4.78, 5) is 28.3. The minimum atomic E-state index is -0.586. The smallest absolute Gasteiger partial charge is 0.260 e. The first kappa shape index (κ1) is 19.6. The summed E-state index contributed by atoms with van der Waals surface area (Å²) in [5.41, 5.74) is 2.37. The van der Waals surface area contributed by atoms with E-state index in [9.17, 15) is 9.59 Å². The topological polar surface area (TPSA) is 67.9 Å². The van der Waals surface area contributed by atoms with Crippen LogP contribution in [0.4, 0.5) is 0 Å². The first-order valence-corrected chi connectivity index (χ1v) is 10.3. The van der Waals surface area contributed by atoms with Crippen LogP contribution in [0, 0.1) is 0 Å². The van der Waals surface area contributed by atoms with Crippen LogP contribution in [0.3, 0.4) is 0 Å². The Morgan fingerprint density at radius 1 is 1.14 bits per heavy atom. The number of fused-ring (bicyclic) bond motifs is 3. The molecular formula is C22H24N2O4S. The Balaban J connectivity index is 1.65. The number of nitrogens with zero attached hydrogens (tertiary/aromatic N) is 1. The zero-order chi connectivity index (χ0) is 20.8. The van der Waals surface area contributed by atoms with Gasteiger partial charge in [-0.25, -0.2) is 0 Å². The summed E-state index contributed by atoms with van der Waals surface area (Å²) in [6, 6.07) is 12.9. The summed E-state index contributed by atoms with van der Waals surface area (Å²) in [7, 11) is 3.07. The molecular weight excluding hydrogens is 388 g/mol. The fourth-order valence-electron chi connectivity index (χ4n) is 4.14. The third kappa shape index (κ3) is 3.13. The number of hydrogen-bond donors (Lipinski definition) is 1. The normalized spacial score (nSPS) is 21.5. The molecule has 2 amide bonds. The lowest BCUT2D eigenvalue weighted by Gasteiger charge is -2.29. The van der Waals surface area contributed by atoms with Crippen LogP contribution in [0.1, 0.15) is 40.7 Å². The van der Waals surface area contributed by atoms with Crippen molar-refractivity contribution >= 4 is 23.6 Å². The van der Waals surface area contributed by atoms with E-state index in [2.05, 4.69) is 5.32 Å². The summed E-state index contributed by atoms with van der Waals surface area (Å²) in [6.45, 7) is 4.45. The SMILES string of the molecule is COc1ccc2c(c1OC)C(=O)N1[C@@H](C(=O)NCc3ccccc3)C(C)(C)S[C@@H]21. The number of carbonyl (C=O) groups is 2. The second kappa shape index (κ2) is 7.30. The number of ether oxygens (including phenoxy) is 2. The molecule has 2 aromatic rings. The van der Waals surface area contributed by atoms with Crippen molar-refractivity contribution in [2.75, 3.05) is 14.2 Å². The van der Waals surface area contributed by atoms with Gasteiger partial charge in [-0.1, -0.05) is 36.4 Å². The van der Waals surface area contributed by atoms with Crippen LogP contribution in [0.25, 0.3) is 0 Å². The first-order valence-electron chi connectivity index (χ1n) is 9.46. The molecule has 1 saturated heterocycles. The van der Waals surface area contributed by atoms with Gasteiger partial charge in [0.2, 0.25) is 5.91 Å². The van der Waals surface area contributed by atoms with E-state index in [-0.39, 0.29) is 17.2 Å². The van der Waals surface area contributed by atoms with Crippen molar-refractivity contribution in [1.82, 2.24) is 10.2 Å². The molecule has 0 unspecified atom stereocenters. The van der Waals surface area contributed by atoms with Crippen molar-refractivity contribution in [2.45, 2.75) is 36.6 Å². The molecule has 0 aliphatic carbocycles. The largest absolute Gasteiger partial charge is 0.493 e. The zero-order valence-corrected chi connectivity index (χ0v) is 17.7. The van der Waals surface area contributed by atoms with Gasteiger partial charge in [-0.05, 0) is 25.5 Å². The maximum atomic E-state index is 13.4. The Labute approximate surface area is 174 Å². The highest BCUT2D eigenvalue weighted by molar-refractivity contribution is 8.01. The van der Waals surface area contributed by atoms with Crippen molar-refractivity contribution in [2.24, 2.45) is 0 Å². The monoisotopic (exact) mass is 412 g/mol. The summed E-state index contributed by atoms with van der Waals surface area (Å²) >= 11 is 1.62. The highest BCUT2D eigenvalue weighted by Gasteiger charge is 2.58. The Morgan fingerprint density at radius 2 is 1.86 bits per heavy atom. The van der Waals surface area contributed by atoms with E-state index >= 15 is 0 Å². The molecule has 0 bridgehead atoms. The van der Waals surface area contributed by atoms with Gasteiger partial charge in [-0.3, -0.25) is 9.59 Å². The van der Waals surface area contributed by atoms with Gasteiger partial charge in [0.05, 0.1) is 19.8 Å². The molecule has 6 nitrogen and oxygen atoms in total. The van der Waals surface area contributed by atoms with E-state index < -0.39 is 10.8 Å². The number of carbonyl (C=O) groups excluding carboxylic acids is 2. The Kier molecular flexibility index (Phi) is 4.94. The Bertz CT molecular complexity index is 961. The summed E-state index contributed by atoms with van der Waals surface area (Å²) < 4.78 is 10.4. The lowest BCUT2D eigenvalue weighted by atomic mass is 10.0. The summed E-state index contributed by atoms with van der Waals surface area (Å²) in [6.07, 6.45) is 0. The average molecular weight is 413 g/mol. The number of methoxy groups -OCH3 is 2. The van der Waals surface area contributed by atoms with E-state index in [0.29, 0.717) is 23.6 Å². The van der Waals surface area contributed by atoms with Crippen LogP contribution in [0.5, 0.6) is 11.5 Å². The molecule has 0 aromatic heterocycles. The number of benzene rings is 2. The second-order valence-corrected chi connectivity index (χ2v) is 9.39. The molecule has 0 saturated carbocycles. The molecule has 1 fully saturated rings. The molecule has 2 aliphatic heterocycles. The van der Waals surface area contributed by atoms with Gasteiger partial charge in [0.15, 0.2) is 11.5 Å². The summed E-state index contributed by atoms with van der Waals surface area (Å²) in [5.74, 6) is 0.584. The van der Waals surface area contributed by atoms with E-state index in [0.717, 1.165) is 11.1 Å². The van der Waals surface area contributed by atoms with Gasteiger partial charge in [0.25, 0.3) is 5.91 Å². The number of nitrogens with one attached hydrogen (secondary N) is 1. The van der Waals surface area contributed by atoms with Gasteiger partial charge in [-0.15, -0.1) is 11.8 Å². The predicted octanol–water partition coefficient (Wildman–Crippen LogP) is 3.37. The van der Waals surface area contributed by atoms with Crippen molar-refractivity contribution in [3.63, 3.8) is 0 Å². The van der Waals surface area contributed by atoms with E-state index in [1.807, 2.05) is 56.3 Å². The lowest BCUT2D eigenvalue weighted by Crippen LogP contribution is -2.52. The third-order valence-electron chi connectivity index (χ3n) is 5.45. The zero-order valence-electron chi connectivity index (χ0n) is 16.9. The highest BCUT2D eigenvalue weighted by atomic mass is 32.2. The minimum absolute atomic E-state index is 0.152. The molecule has 2 atom stereocenters. The van der Waals surface area contributed by atoms with Crippen molar-refractivity contribution < 1.29 is 19.1 Å². The van der Waals surface area contributed by atoms with Crippen LogP contribution in [-0.2, 0) is 11.3 Å². The molecule has 4 rings (SSSR count). The number of hydrogen-bond acceptors (Lipinski definition) is 5. The van der Waals surface area contributed by atoms with Crippen LogP contribution in [-0.4, -0.2) is 41.7 Å². The Hall–Kier alpha value is -2.67. The van der Waals surface area contributed by atoms with Crippen molar-refractivity contribution in [3.05, 3.63) is 59.2 Å². The van der Waals surface area contributed by atoms with E-state index in [1.165, 1.54) is 7.11 Å². The van der Waals surface area contributed by atoms with Crippen LogP contribution in [0.15, 0.2) is 42.5 Å². The van der Waals surface area contributed by atoms with E-state index in [1.54, 1.807) is 23.8 Å². The van der Waals surface area contributed by atoms with Crippen molar-refractivity contribution in [1.29, 1.82) is 0 Å². The molecule has 1 N–H and O–H groups in total. The fraction of sp³-hybridized carbons (Fsp3) is 0.364. The molecule has 0 radical (unpaired) electrons. The quantitative estimate of drug-likeness (QED) is 0.816. The van der Waals surface area contributed by atoms with Gasteiger partial charge in [0.1, 0.15) is 11.4 Å². The van der Waals surface area contributed by atoms with Crippen molar-refractivity contribution in [3.8, 4) is 11.5 Å². The molecule has 2 heterocycles. The van der Waals surface area contributed by atoms with Gasteiger partial charge in [-0.2, -0.15) is 0 Å². The van der Waals surface area contributed by atoms with Crippen LogP contribution < -0.4 is 14.8 Å². The van der Waals surface area contributed by atoms with Crippen LogP contribution in [0.2, 0.25) is 0 Å². The van der Waals surface area contributed by atoms with Gasteiger partial charge >= 0.3 is 0 Å². The predicted molar refractivity (Wildman–Crippen MR) is 112 cm³/mol. The number of thioether (sulfide) groups is 1. The fourth-order valence-corrected chi connectivity index (χ4v) is 5.72. The average Bonchev–Trinajstić information content (AvgIpc) is 3.15. The first-order chi connectivity index (χ1) is 13.9.